The third kappa shape index (κ3) is 2.73. The van der Waals surface area contributed by atoms with Gasteiger partial charge in [-0.1, -0.05) is 12.1 Å². The molecule has 4 rings (SSSR count). The van der Waals surface area contributed by atoms with Gasteiger partial charge in [0.15, 0.2) is 0 Å². The maximum absolute atomic E-state index is 12.7. The van der Waals surface area contributed by atoms with Crippen molar-refractivity contribution >= 4 is 33.9 Å². The summed E-state index contributed by atoms with van der Waals surface area (Å²) >= 11 is 0. The average Bonchev–Trinajstić information content (AvgIpc) is 3.03. The number of benzene rings is 1. The summed E-state index contributed by atoms with van der Waals surface area (Å²) in [5.74, 6) is -1.75. The number of amides is 1. The van der Waals surface area contributed by atoms with E-state index in [9.17, 15) is 14.4 Å². The van der Waals surface area contributed by atoms with Crippen LogP contribution in [-0.2, 0) is 16.1 Å². The molecule has 134 valence electrons. The number of likely N-dealkylation sites (tertiary alicyclic amines) is 1. The Morgan fingerprint density at radius 2 is 2.12 bits per heavy atom. The number of rotatable bonds is 3. The number of aromatic nitrogens is 2. The number of carboxylic acids is 1. The number of furan rings is 1. The first-order valence-electron chi connectivity index (χ1n) is 8.42. The van der Waals surface area contributed by atoms with Crippen LogP contribution in [0.1, 0.15) is 12.8 Å². The molecule has 0 spiro atoms. The van der Waals surface area contributed by atoms with Crippen molar-refractivity contribution in [2.24, 2.45) is 5.92 Å². The predicted octanol–water partition coefficient (Wildman–Crippen LogP) is 1.47. The SMILES string of the molecule is O=C(O)C1CCCN(C(=O)Cn2cnc3c(oc4ccccc43)c2=O)C1. The first-order valence-corrected chi connectivity index (χ1v) is 8.42. The van der Waals surface area contributed by atoms with Crippen LogP contribution in [-0.4, -0.2) is 44.5 Å². The molecule has 1 amide bonds. The van der Waals surface area contributed by atoms with E-state index in [1.54, 1.807) is 6.07 Å². The van der Waals surface area contributed by atoms with E-state index < -0.39 is 17.4 Å². The second-order valence-electron chi connectivity index (χ2n) is 6.47. The molecule has 1 atom stereocenters. The van der Waals surface area contributed by atoms with Gasteiger partial charge in [-0.2, -0.15) is 0 Å². The zero-order chi connectivity index (χ0) is 18.3. The zero-order valence-electron chi connectivity index (χ0n) is 13.9. The van der Waals surface area contributed by atoms with Crippen molar-refractivity contribution in [3.05, 3.63) is 40.9 Å². The summed E-state index contributed by atoms with van der Waals surface area (Å²) in [4.78, 5) is 42.1. The smallest absolute Gasteiger partial charge is 0.308 e. The standard InChI is InChI=1S/C18H17N3O5/c22-14(20-7-3-4-11(8-20)18(24)25)9-21-10-19-15-12-5-1-2-6-13(12)26-16(15)17(21)23/h1-2,5-6,10-11H,3-4,7-9H2,(H,24,25). The second-order valence-corrected chi connectivity index (χ2v) is 6.47. The van der Waals surface area contributed by atoms with Crippen molar-refractivity contribution in [2.45, 2.75) is 19.4 Å². The Hall–Kier alpha value is -3.16. The van der Waals surface area contributed by atoms with Crippen LogP contribution in [0, 0.1) is 5.92 Å². The highest BCUT2D eigenvalue weighted by atomic mass is 16.4. The molecular weight excluding hydrogens is 338 g/mol. The summed E-state index contributed by atoms with van der Waals surface area (Å²) < 4.78 is 6.81. The Kier molecular flexibility index (Phi) is 3.95. The molecule has 0 saturated carbocycles. The highest BCUT2D eigenvalue weighted by molar-refractivity contribution is 6.01. The molecule has 8 heteroatoms. The summed E-state index contributed by atoms with van der Waals surface area (Å²) in [6, 6.07) is 7.22. The van der Waals surface area contributed by atoms with Gasteiger partial charge < -0.3 is 14.4 Å². The van der Waals surface area contributed by atoms with Crippen LogP contribution in [0.3, 0.4) is 0 Å². The summed E-state index contributed by atoms with van der Waals surface area (Å²) in [5, 5.41) is 9.89. The van der Waals surface area contributed by atoms with E-state index in [-0.39, 0.29) is 24.6 Å². The lowest BCUT2D eigenvalue weighted by atomic mass is 9.98. The number of hydrogen-bond acceptors (Lipinski definition) is 5. The van der Waals surface area contributed by atoms with Crippen LogP contribution in [0.2, 0.25) is 0 Å². The molecule has 3 heterocycles. The molecule has 26 heavy (non-hydrogen) atoms. The molecule has 0 bridgehead atoms. The van der Waals surface area contributed by atoms with Gasteiger partial charge in [0.1, 0.15) is 17.6 Å². The number of piperidine rings is 1. The third-order valence-corrected chi connectivity index (χ3v) is 4.78. The average molecular weight is 355 g/mol. The maximum atomic E-state index is 12.7. The molecule has 1 N–H and O–H groups in total. The molecule has 0 aliphatic carbocycles. The van der Waals surface area contributed by atoms with Gasteiger partial charge >= 0.3 is 5.97 Å². The summed E-state index contributed by atoms with van der Waals surface area (Å²) in [5.41, 5.74) is 0.727. The largest absolute Gasteiger partial charge is 0.481 e. The fourth-order valence-corrected chi connectivity index (χ4v) is 3.38. The van der Waals surface area contributed by atoms with Crippen LogP contribution in [0.15, 0.2) is 39.8 Å². The van der Waals surface area contributed by atoms with Crippen molar-refractivity contribution in [3.63, 3.8) is 0 Å². The normalized spacial score (nSPS) is 17.7. The molecule has 0 radical (unpaired) electrons. The number of nitrogens with zero attached hydrogens (tertiary/aromatic N) is 3. The first kappa shape index (κ1) is 16.3. The molecular formula is C18H17N3O5. The summed E-state index contributed by atoms with van der Waals surface area (Å²) in [6.07, 6.45) is 2.53. The lowest BCUT2D eigenvalue weighted by molar-refractivity contribution is -0.145. The molecule has 2 aromatic heterocycles. The van der Waals surface area contributed by atoms with Gasteiger partial charge in [0.25, 0.3) is 5.56 Å². The number of carboxylic acid groups (broad SMARTS) is 1. The number of carbonyl (C=O) groups excluding carboxylic acids is 1. The van der Waals surface area contributed by atoms with E-state index in [4.69, 9.17) is 9.52 Å². The van der Waals surface area contributed by atoms with Crippen molar-refractivity contribution < 1.29 is 19.1 Å². The minimum Gasteiger partial charge on any atom is -0.481 e. The van der Waals surface area contributed by atoms with Crippen molar-refractivity contribution in [1.29, 1.82) is 0 Å². The molecule has 1 aliphatic heterocycles. The highest BCUT2D eigenvalue weighted by Gasteiger charge is 2.28. The maximum Gasteiger partial charge on any atom is 0.308 e. The van der Waals surface area contributed by atoms with E-state index in [1.807, 2.05) is 18.2 Å². The van der Waals surface area contributed by atoms with E-state index in [0.29, 0.717) is 30.5 Å². The summed E-state index contributed by atoms with van der Waals surface area (Å²) in [6.45, 7) is 0.478. The van der Waals surface area contributed by atoms with Crippen molar-refractivity contribution in [1.82, 2.24) is 14.5 Å². The van der Waals surface area contributed by atoms with Crippen LogP contribution in [0.5, 0.6) is 0 Å². The Morgan fingerprint density at radius 1 is 1.31 bits per heavy atom. The van der Waals surface area contributed by atoms with Gasteiger partial charge in [-0.05, 0) is 25.0 Å². The fraction of sp³-hybridized carbons (Fsp3) is 0.333. The van der Waals surface area contributed by atoms with Crippen molar-refractivity contribution in [2.75, 3.05) is 13.1 Å². The van der Waals surface area contributed by atoms with Crippen molar-refractivity contribution in [3.8, 4) is 0 Å². The minimum absolute atomic E-state index is 0.114. The quantitative estimate of drug-likeness (QED) is 0.763. The molecule has 3 aromatic rings. The number of hydrogen-bond donors (Lipinski definition) is 1. The molecule has 1 saturated heterocycles. The van der Waals surface area contributed by atoms with Crippen LogP contribution in [0.4, 0.5) is 0 Å². The number of aliphatic carboxylic acids is 1. The predicted molar refractivity (Wildman–Crippen MR) is 92.7 cm³/mol. The van der Waals surface area contributed by atoms with Crippen LogP contribution >= 0.6 is 0 Å². The van der Waals surface area contributed by atoms with Gasteiger partial charge in [0, 0.05) is 18.5 Å². The Morgan fingerprint density at radius 3 is 2.92 bits per heavy atom. The van der Waals surface area contributed by atoms with Gasteiger partial charge in [-0.3, -0.25) is 19.0 Å². The minimum atomic E-state index is -0.898. The van der Waals surface area contributed by atoms with E-state index >= 15 is 0 Å². The van der Waals surface area contributed by atoms with E-state index in [1.165, 1.54) is 15.8 Å². The number of carbonyl (C=O) groups is 2. The third-order valence-electron chi connectivity index (χ3n) is 4.78. The molecule has 8 nitrogen and oxygen atoms in total. The van der Waals surface area contributed by atoms with E-state index in [2.05, 4.69) is 4.98 Å². The first-order chi connectivity index (χ1) is 12.5. The molecule has 1 fully saturated rings. The molecule has 1 aliphatic rings. The lowest BCUT2D eigenvalue weighted by Gasteiger charge is -2.30. The summed E-state index contributed by atoms with van der Waals surface area (Å²) in [7, 11) is 0. The number of fused-ring (bicyclic) bond motifs is 3. The van der Waals surface area contributed by atoms with E-state index in [0.717, 1.165) is 5.39 Å². The van der Waals surface area contributed by atoms with Gasteiger partial charge in [0.2, 0.25) is 11.5 Å². The number of para-hydroxylation sites is 1. The Bertz CT molecular complexity index is 1070. The van der Waals surface area contributed by atoms with Gasteiger partial charge in [-0.15, -0.1) is 0 Å². The van der Waals surface area contributed by atoms with Crippen LogP contribution in [0.25, 0.3) is 22.1 Å². The highest BCUT2D eigenvalue weighted by Crippen LogP contribution is 2.24. The second kappa shape index (κ2) is 6.29. The molecule has 1 aromatic carbocycles. The fourth-order valence-electron chi connectivity index (χ4n) is 3.38. The van der Waals surface area contributed by atoms with Gasteiger partial charge in [-0.25, -0.2) is 4.98 Å². The zero-order valence-corrected chi connectivity index (χ0v) is 13.9. The topological polar surface area (TPSA) is 106 Å². The lowest BCUT2D eigenvalue weighted by Crippen LogP contribution is -2.44. The van der Waals surface area contributed by atoms with Crippen LogP contribution < -0.4 is 5.56 Å². The van der Waals surface area contributed by atoms with Gasteiger partial charge in [0.05, 0.1) is 12.2 Å². The Labute approximate surface area is 147 Å². The molecule has 1 unspecified atom stereocenters. The Balaban J connectivity index is 1.62. The monoisotopic (exact) mass is 355 g/mol.